The van der Waals surface area contributed by atoms with Crippen molar-refractivity contribution < 1.29 is 9.18 Å². The van der Waals surface area contributed by atoms with Crippen LogP contribution < -0.4 is 5.32 Å². The molecule has 1 aliphatic carbocycles. The molecule has 3 rings (SSSR count). The molecule has 5 heteroatoms. The van der Waals surface area contributed by atoms with E-state index in [9.17, 15) is 9.18 Å². The second kappa shape index (κ2) is 4.50. The van der Waals surface area contributed by atoms with E-state index in [-0.39, 0.29) is 11.8 Å². The predicted molar refractivity (Wildman–Crippen MR) is 68.1 cm³/mol. The van der Waals surface area contributed by atoms with Crippen LogP contribution in [0.4, 0.5) is 9.18 Å². The van der Waals surface area contributed by atoms with Crippen LogP contribution in [-0.2, 0) is 5.54 Å². The highest BCUT2D eigenvalue weighted by molar-refractivity contribution is 5.77. The molecule has 0 saturated heterocycles. The van der Waals surface area contributed by atoms with Gasteiger partial charge in [0, 0.05) is 18.0 Å². The van der Waals surface area contributed by atoms with Crippen LogP contribution in [0.5, 0.6) is 0 Å². The molecule has 0 spiro atoms. The lowest BCUT2D eigenvalue weighted by molar-refractivity contribution is 0.174. The second-order valence-corrected chi connectivity index (χ2v) is 4.82. The molecule has 2 aromatic rings. The van der Waals surface area contributed by atoms with Crippen molar-refractivity contribution in [2.24, 2.45) is 0 Å². The van der Waals surface area contributed by atoms with Gasteiger partial charge in [-0.25, -0.2) is 14.2 Å². The first-order valence-corrected chi connectivity index (χ1v) is 6.27. The fourth-order valence-corrected chi connectivity index (χ4v) is 2.49. The summed E-state index contributed by atoms with van der Waals surface area (Å²) in [4.78, 5) is 15.9. The third-order valence-electron chi connectivity index (χ3n) is 3.68. The first-order chi connectivity index (χ1) is 9.21. The number of halogens is 1. The summed E-state index contributed by atoms with van der Waals surface area (Å²) in [6.07, 6.45) is 7.05. The molecule has 1 aromatic carbocycles. The summed E-state index contributed by atoms with van der Waals surface area (Å²) in [5.41, 5.74) is -0.0121. The molecule has 0 bridgehead atoms. The standard InChI is InChI=1S/C14H14FN3O/c15-12-5-2-1-4-11(12)14(6-3-7-14)17-13(19)18-9-8-16-10-18/h1-2,4-5,8-10H,3,6-7H2,(H,17,19). The number of benzene rings is 1. The highest BCUT2D eigenvalue weighted by Crippen LogP contribution is 2.42. The summed E-state index contributed by atoms with van der Waals surface area (Å²) in [5.74, 6) is -0.270. The molecular weight excluding hydrogens is 245 g/mol. The van der Waals surface area contributed by atoms with Gasteiger partial charge in [0.25, 0.3) is 0 Å². The van der Waals surface area contributed by atoms with E-state index in [1.807, 2.05) is 0 Å². The Morgan fingerprint density at radius 1 is 1.37 bits per heavy atom. The van der Waals surface area contributed by atoms with E-state index in [0.29, 0.717) is 5.56 Å². The van der Waals surface area contributed by atoms with Crippen molar-refractivity contribution in [3.8, 4) is 0 Å². The molecule has 1 fully saturated rings. The van der Waals surface area contributed by atoms with Gasteiger partial charge < -0.3 is 5.32 Å². The largest absolute Gasteiger partial charge is 0.328 e. The highest BCUT2D eigenvalue weighted by Gasteiger charge is 2.42. The van der Waals surface area contributed by atoms with Crippen LogP contribution in [-0.4, -0.2) is 15.6 Å². The number of imidazole rings is 1. The Balaban J connectivity index is 1.88. The molecule has 1 heterocycles. The molecule has 1 amide bonds. The Bertz CT molecular complexity index is 590. The molecular formula is C14H14FN3O. The minimum Gasteiger partial charge on any atom is -0.328 e. The van der Waals surface area contributed by atoms with Crippen molar-refractivity contribution in [3.05, 3.63) is 54.4 Å². The van der Waals surface area contributed by atoms with Crippen molar-refractivity contribution in [2.45, 2.75) is 24.8 Å². The number of amides is 1. The zero-order valence-corrected chi connectivity index (χ0v) is 10.3. The van der Waals surface area contributed by atoms with Gasteiger partial charge in [0.15, 0.2) is 0 Å². The molecule has 1 aromatic heterocycles. The summed E-state index contributed by atoms with van der Waals surface area (Å²) < 4.78 is 15.3. The van der Waals surface area contributed by atoms with E-state index in [4.69, 9.17) is 0 Å². The SMILES string of the molecule is O=C(NC1(c2ccccc2F)CCC1)n1ccnc1. The smallest absolute Gasteiger partial charge is 0.327 e. The van der Waals surface area contributed by atoms with Gasteiger partial charge in [-0.15, -0.1) is 0 Å². The fraction of sp³-hybridized carbons (Fsp3) is 0.286. The first-order valence-electron chi connectivity index (χ1n) is 6.27. The van der Waals surface area contributed by atoms with Crippen LogP contribution in [0.25, 0.3) is 0 Å². The zero-order chi connectivity index (χ0) is 13.3. The van der Waals surface area contributed by atoms with Gasteiger partial charge in [-0.1, -0.05) is 18.2 Å². The summed E-state index contributed by atoms with van der Waals surface area (Å²) in [7, 11) is 0. The van der Waals surface area contributed by atoms with E-state index >= 15 is 0 Å². The lowest BCUT2D eigenvalue weighted by atomic mass is 9.71. The topological polar surface area (TPSA) is 46.9 Å². The van der Waals surface area contributed by atoms with Gasteiger partial charge in [-0.05, 0) is 25.3 Å². The summed E-state index contributed by atoms with van der Waals surface area (Å²) in [6.45, 7) is 0. The van der Waals surface area contributed by atoms with E-state index < -0.39 is 5.54 Å². The Kier molecular flexibility index (Phi) is 2.81. The third kappa shape index (κ3) is 2.01. The normalized spacial score (nSPS) is 16.7. The maximum atomic E-state index is 13.9. The molecule has 0 aliphatic heterocycles. The van der Waals surface area contributed by atoms with Crippen LogP contribution in [0.1, 0.15) is 24.8 Å². The number of nitrogens with one attached hydrogen (secondary N) is 1. The molecule has 0 radical (unpaired) electrons. The molecule has 1 saturated carbocycles. The maximum absolute atomic E-state index is 13.9. The van der Waals surface area contributed by atoms with Crippen LogP contribution >= 0.6 is 0 Å². The van der Waals surface area contributed by atoms with Crippen LogP contribution in [0.15, 0.2) is 43.0 Å². The number of nitrogens with zero attached hydrogens (tertiary/aromatic N) is 2. The highest BCUT2D eigenvalue weighted by atomic mass is 19.1. The lowest BCUT2D eigenvalue weighted by Crippen LogP contribution is -2.52. The molecule has 1 N–H and O–H groups in total. The van der Waals surface area contributed by atoms with Gasteiger partial charge in [-0.3, -0.25) is 4.57 Å². The Labute approximate surface area is 110 Å². The number of carbonyl (C=O) groups is 1. The minimum absolute atomic E-state index is 0.270. The molecule has 4 nitrogen and oxygen atoms in total. The summed E-state index contributed by atoms with van der Waals surface area (Å²) in [5, 5.41) is 2.93. The van der Waals surface area contributed by atoms with Crippen LogP contribution in [0.3, 0.4) is 0 Å². The van der Waals surface area contributed by atoms with Crippen molar-refractivity contribution in [2.75, 3.05) is 0 Å². The lowest BCUT2D eigenvalue weighted by Gasteiger charge is -2.43. The van der Waals surface area contributed by atoms with Gasteiger partial charge in [0.2, 0.25) is 0 Å². The van der Waals surface area contributed by atoms with Gasteiger partial charge >= 0.3 is 6.03 Å². The number of hydrogen-bond acceptors (Lipinski definition) is 2. The van der Waals surface area contributed by atoms with E-state index in [2.05, 4.69) is 10.3 Å². The van der Waals surface area contributed by atoms with E-state index in [1.165, 1.54) is 23.2 Å². The Morgan fingerprint density at radius 3 is 2.74 bits per heavy atom. The van der Waals surface area contributed by atoms with Crippen molar-refractivity contribution in [1.29, 1.82) is 0 Å². The number of aromatic nitrogens is 2. The van der Waals surface area contributed by atoms with Crippen molar-refractivity contribution in [1.82, 2.24) is 14.9 Å². The van der Waals surface area contributed by atoms with E-state index in [1.54, 1.807) is 24.4 Å². The zero-order valence-electron chi connectivity index (χ0n) is 10.3. The van der Waals surface area contributed by atoms with Crippen molar-refractivity contribution in [3.63, 3.8) is 0 Å². The Morgan fingerprint density at radius 2 is 2.16 bits per heavy atom. The molecule has 19 heavy (non-hydrogen) atoms. The first kappa shape index (κ1) is 11.9. The third-order valence-corrected chi connectivity index (χ3v) is 3.68. The number of rotatable bonds is 2. The molecule has 98 valence electrons. The fourth-order valence-electron chi connectivity index (χ4n) is 2.49. The van der Waals surface area contributed by atoms with Crippen LogP contribution in [0.2, 0.25) is 0 Å². The van der Waals surface area contributed by atoms with Gasteiger partial charge in [0.05, 0.1) is 5.54 Å². The number of carbonyl (C=O) groups excluding carboxylic acids is 1. The minimum atomic E-state index is -0.577. The van der Waals surface area contributed by atoms with Gasteiger partial charge in [-0.2, -0.15) is 0 Å². The van der Waals surface area contributed by atoms with Gasteiger partial charge in [0.1, 0.15) is 12.1 Å². The quantitative estimate of drug-likeness (QED) is 0.901. The second-order valence-electron chi connectivity index (χ2n) is 4.82. The monoisotopic (exact) mass is 259 g/mol. The van der Waals surface area contributed by atoms with E-state index in [0.717, 1.165) is 19.3 Å². The number of hydrogen-bond donors (Lipinski definition) is 1. The Hall–Kier alpha value is -2.17. The molecule has 0 atom stereocenters. The molecule has 0 unspecified atom stereocenters. The summed E-state index contributed by atoms with van der Waals surface area (Å²) >= 11 is 0. The van der Waals surface area contributed by atoms with Crippen molar-refractivity contribution >= 4 is 6.03 Å². The average Bonchev–Trinajstić information content (AvgIpc) is 2.88. The van der Waals surface area contributed by atoms with Crippen LogP contribution in [0, 0.1) is 5.82 Å². The maximum Gasteiger partial charge on any atom is 0.327 e. The summed E-state index contributed by atoms with van der Waals surface area (Å²) in [6, 6.07) is 6.34. The average molecular weight is 259 g/mol. The molecule has 1 aliphatic rings. The predicted octanol–water partition coefficient (Wildman–Crippen LogP) is 2.66.